The number of rotatable bonds is 3. The molecule has 1 heterocycles. The summed E-state index contributed by atoms with van der Waals surface area (Å²) in [6, 6.07) is 10.5. The summed E-state index contributed by atoms with van der Waals surface area (Å²) in [5.74, 6) is 0.669. The maximum absolute atomic E-state index is 5.08. The van der Waals surface area contributed by atoms with Crippen LogP contribution in [0.2, 0.25) is 0 Å². The van der Waals surface area contributed by atoms with Crippen LogP contribution < -0.4 is 0 Å². The van der Waals surface area contributed by atoms with E-state index < -0.39 is 0 Å². The number of aromatic nitrogens is 2. The Morgan fingerprint density at radius 1 is 1.24 bits per heavy atom. The summed E-state index contributed by atoms with van der Waals surface area (Å²) in [6.45, 7) is 4.46. The van der Waals surface area contributed by atoms with Crippen molar-refractivity contribution in [2.75, 3.05) is 0 Å². The van der Waals surface area contributed by atoms with Crippen LogP contribution in [0.5, 0.6) is 0 Å². The van der Waals surface area contributed by atoms with E-state index in [1.165, 1.54) is 11.1 Å². The fourth-order valence-electron chi connectivity index (χ4n) is 1.88. The lowest BCUT2D eigenvalue weighted by Crippen LogP contribution is -1.94. The summed E-state index contributed by atoms with van der Waals surface area (Å²) in [4.78, 5) is 0. The number of hydrogen-bond acceptors (Lipinski definition) is 2. The van der Waals surface area contributed by atoms with Gasteiger partial charge in [0.25, 0.3) is 0 Å². The Kier molecular flexibility index (Phi) is 3.69. The predicted octanol–water partition coefficient (Wildman–Crippen LogP) is 4.00. The molecule has 1 aromatic heterocycles. The highest BCUT2D eigenvalue weighted by Crippen LogP contribution is 2.20. The van der Waals surface area contributed by atoms with Crippen LogP contribution >= 0.6 is 12.2 Å². The molecule has 17 heavy (non-hydrogen) atoms. The number of nitrogens with zero attached hydrogens (tertiary/aromatic N) is 1. The van der Waals surface area contributed by atoms with Crippen molar-refractivity contribution in [1.29, 1.82) is 0 Å². The van der Waals surface area contributed by atoms with E-state index in [1.54, 1.807) is 0 Å². The van der Waals surface area contributed by atoms with Crippen molar-refractivity contribution in [1.82, 2.24) is 10.2 Å². The predicted molar refractivity (Wildman–Crippen MR) is 73.4 cm³/mol. The maximum Gasteiger partial charge on any atom is 0.120 e. The van der Waals surface area contributed by atoms with Crippen LogP contribution in [-0.2, 0) is 6.42 Å². The third kappa shape index (κ3) is 3.24. The van der Waals surface area contributed by atoms with Gasteiger partial charge in [0.05, 0.1) is 6.20 Å². The minimum Gasteiger partial charge on any atom is -0.268 e. The first-order valence-corrected chi connectivity index (χ1v) is 6.20. The zero-order valence-electron chi connectivity index (χ0n) is 10.1. The molecular formula is C14H16N2S. The molecule has 1 aromatic carbocycles. The highest BCUT2D eigenvalue weighted by Gasteiger charge is 2.01. The van der Waals surface area contributed by atoms with Crippen LogP contribution in [0.25, 0.3) is 11.1 Å². The van der Waals surface area contributed by atoms with Gasteiger partial charge in [-0.05, 0) is 29.5 Å². The molecule has 0 aliphatic heterocycles. The molecule has 88 valence electrons. The third-order valence-corrected chi connectivity index (χ3v) is 2.78. The Bertz CT molecular complexity index is 558. The summed E-state index contributed by atoms with van der Waals surface area (Å²) in [7, 11) is 0. The van der Waals surface area contributed by atoms with E-state index in [0.29, 0.717) is 10.6 Å². The van der Waals surface area contributed by atoms with Crippen LogP contribution in [0.1, 0.15) is 19.4 Å². The first-order chi connectivity index (χ1) is 8.15. The van der Waals surface area contributed by atoms with E-state index in [0.717, 1.165) is 12.0 Å². The number of H-pyrrole nitrogens is 1. The standard InChI is InChI=1S/C14H16N2S/c1-10(2)6-11-4-3-5-12(7-11)13-8-14(17)16-15-9-13/h3-5,7-10H,6H2,1-2H3,(H,16,17). The van der Waals surface area contributed by atoms with Gasteiger partial charge >= 0.3 is 0 Å². The van der Waals surface area contributed by atoms with Crippen LogP contribution in [0, 0.1) is 10.6 Å². The van der Waals surface area contributed by atoms with Crippen LogP contribution in [0.4, 0.5) is 0 Å². The van der Waals surface area contributed by atoms with Crippen molar-refractivity contribution in [2.24, 2.45) is 5.92 Å². The average Bonchev–Trinajstić information content (AvgIpc) is 2.28. The Labute approximate surface area is 107 Å². The minimum absolute atomic E-state index is 0.664. The summed E-state index contributed by atoms with van der Waals surface area (Å²) in [5, 5.41) is 6.78. The first kappa shape index (κ1) is 12.0. The molecule has 0 spiro atoms. The second-order valence-electron chi connectivity index (χ2n) is 4.63. The van der Waals surface area contributed by atoms with Crippen LogP contribution in [-0.4, -0.2) is 10.2 Å². The van der Waals surface area contributed by atoms with Crippen molar-refractivity contribution in [3.05, 3.63) is 46.7 Å². The van der Waals surface area contributed by atoms with Gasteiger partial charge in [0, 0.05) is 5.56 Å². The van der Waals surface area contributed by atoms with E-state index in [1.807, 2.05) is 12.3 Å². The fourth-order valence-corrected chi connectivity index (χ4v) is 2.06. The SMILES string of the molecule is CC(C)Cc1cccc(-c2cn[nH]c(=S)c2)c1. The van der Waals surface area contributed by atoms with Gasteiger partial charge in [-0.15, -0.1) is 0 Å². The molecule has 0 unspecified atom stereocenters. The molecule has 0 amide bonds. The largest absolute Gasteiger partial charge is 0.268 e. The molecule has 0 saturated carbocycles. The summed E-state index contributed by atoms with van der Waals surface area (Å²) < 4.78 is 0.664. The quantitative estimate of drug-likeness (QED) is 0.827. The van der Waals surface area contributed by atoms with Gasteiger partial charge in [-0.2, -0.15) is 5.10 Å². The summed E-state index contributed by atoms with van der Waals surface area (Å²) >= 11 is 5.08. The molecule has 0 aliphatic carbocycles. The zero-order valence-corrected chi connectivity index (χ0v) is 10.9. The Morgan fingerprint density at radius 3 is 2.76 bits per heavy atom. The molecule has 0 bridgehead atoms. The molecule has 2 aromatic rings. The first-order valence-electron chi connectivity index (χ1n) is 5.79. The number of nitrogens with one attached hydrogen (secondary N) is 1. The summed E-state index contributed by atoms with van der Waals surface area (Å²) in [6.07, 6.45) is 2.91. The van der Waals surface area contributed by atoms with Gasteiger partial charge in [0.1, 0.15) is 4.64 Å². The minimum atomic E-state index is 0.664. The lowest BCUT2D eigenvalue weighted by molar-refractivity contribution is 0.647. The molecule has 0 atom stereocenters. The zero-order chi connectivity index (χ0) is 12.3. The van der Waals surface area contributed by atoms with Gasteiger partial charge < -0.3 is 0 Å². The molecule has 0 saturated heterocycles. The average molecular weight is 244 g/mol. The molecule has 2 rings (SSSR count). The molecule has 0 aliphatic rings. The van der Waals surface area contributed by atoms with Crippen LogP contribution in [0.3, 0.4) is 0 Å². The van der Waals surface area contributed by atoms with Crippen molar-refractivity contribution < 1.29 is 0 Å². The Morgan fingerprint density at radius 2 is 2.06 bits per heavy atom. The lowest BCUT2D eigenvalue weighted by Gasteiger charge is -2.07. The van der Waals surface area contributed by atoms with E-state index in [9.17, 15) is 0 Å². The number of hydrogen-bond donors (Lipinski definition) is 1. The van der Waals surface area contributed by atoms with E-state index >= 15 is 0 Å². The van der Waals surface area contributed by atoms with Gasteiger partial charge in [0.2, 0.25) is 0 Å². The highest BCUT2D eigenvalue weighted by atomic mass is 32.1. The van der Waals surface area contributed by atoms with Gasteiger partial charge in [-0.25, -0.2) is 0 Å². The molecular weight excluding hydrogens is 228 g/mol. The molecule has 0 fully saturated rings. The van der Waals surface area contributed by atoms with Crippen molar-refractivity contribution in [2.45, 2.75) is 20.3 Å². The fraction of sp³-hybridized carbons (Fsp3) is 0.286. The monoisotopic (exact) mass is 244 g/mol. The summed E-state index contributed by atoms with van der Waals surface area (Å²) in [5.41, 5.74) is 3.60. The highest BCUT2D eigenvalue weighted by molar-refractivity contribution is 7.71. The third-order valence-electron chi connectivity index (χ3n) is 2.57. The van der Waals surface area contributed by atoms with Crippen LogP contribution in [0.15, 0.2) is 36.5 Å². The normalized spacial score (nSPS) is 10.8. The van der Waals surface area contributed by atoms with Gasteiger partial charge in [0.15, 0.2) is 0 Å². The molecule has 0 radical (unpaired) electrons. The van der Waals surface area contributed by atoms with E-state index in [4.69, 9.17) is 12.2 Å². The van der Waals surface area contributed by atoms with E-state index in [2.05, 4.69) is 48.3 Å². The molecule has 2 nitrogen and oxygen atoms in total. The second-order valence-corrected chi connectivity index (χ2v) is 5.07. The smallest absolute Gasteiger partial charge is 0.120 e. The number of benzene rings is 1. The lowest BCUT2D eigenvalue weighted by atomic mass is 9.99. The Balaban J connectivity index is 2.36. The molecule has 3 heteroatoms. The maximum atomic E-state index is 5.08. The van der Waals surface area contributed by atoms with Crippen molar-refractivity contribution in [3.63, 3.8) is 0 Å². The van der Waals surface area contributed by atoms with E-state index in [-0.39, 0.29) is 0 Å². The Hall–Kier alpha value is -1.48. The van der Waals surface area contributed by atoms with Gasteiger partial charge in [-0.1, -0.05) is 50.3 Å². The topological polar surface area (TPSA) is 28.7 Å². The van der Waals surface area contributed by atoms with Gasteiger partial charge in [-0.3, -0.25) is 5.10 Å². The van der Waals surface area contributed by atoms with Crippen molar-refractivity contribution >= 4 is 12.2 Å². The molecule has 1 N–H and O–H groups in total. The number of aromatic amines is 1. The second kappa shape index (κ2) is 5.23. The van der Waals surface area contributed by atoms with Crippen molar-refractivity contribution in [3.8, 4) is 11.1 Å².